The normalized spacial score (nSPS) is 11.3. The van der Waals surface area contributed by atoms with Gasteiger partial charge in [0.2, 0.25) is 0 Å². The summed E-state index contributed by atoms with van der Waals surface area (Å²) in [4.78, 5) is 0. The summed E-state index contributed by atoms with van der Waals surface area (Å²) in [7, 11) is 1.62. The first-order valence-corrected chi connectivity index (χ1v) is 8.59. The molecule has 1 atom stereocenters. The molecule has 0 spiro atoms. The number of hydrogen-bond donors (Lipinski definition) is 2. The zero-order valence-electron chi connectivity index (χ0n) is 14.7. The van der Waals surface area contributed by atoms with E-state index in [9.17, 15) is 0 Å². The lowest BCUT2D eigenvalue weighted by Crippen LogP contribution is -2.39. The fourth-order valence-electron chi connectivity index (χ4n) is 2.19. The van der Waals surface area contributed by atoms with E-state index in [-0.39, 0.29) is 6.04 Å². The molecule has 0 unspecified atom stereocenters. The second-order valence-electron chi connectivity index (χ2n) is 5.42. The van der Waals surface area contributed by atoms with Crippen molar-refractivity contribution >= 4 is 23.0 Å². The van der Waals surface area contributed by atoms with Gasteiger partial charge in [-0.1, -0.05) is 12.1 Å². The Morgan fingerprint density at radius 3 is 2.36 bits per heavy atom. The van der Waals surface area contributed by atoms with Crippen LogP contribution in [-0.4, -0.2) is 31.5 Å². The Labute approximate surface area is 154 Å². The van der Waals surface area contributed by atoms with Crippen LogP contribution in [0.25, 0.3) is 0 Å². The lowest BCUT2D eigenvalue weighted by atomic mass is 10.3. The van der Waals surface area contributed by atoms with Gasteiger partial charge < -0.3 is 24.8 Å². The van der Waals surface area contributed by atoms with E-state index < -0.39 is 0 Å². The Balaban J connectivity index is 1.79. The summed E-state index contributed by atoms with van der Waals surface area (Å²) in [5, 5.41) is 6.89. The molecule has 0 bridgehead atoms. The van der Waals surface area contributed by atoms with Crippen LogP contribution < -0.4 is 24.8 Å². The van der Waals surface area contributed by atoms with E-state index in [0.29, 0.717) is 29.8 Å². The van der Waals surface area contributed by atoms with Crippen molar-refractivity contribution in [2.24, 2.45) is 0 Å². The van der Waals surface area contributed by atoms with Gasteiger partial charge in [-0.3, -0.25) is 0 Å². The Hall–Kier alpha value is -2.47. The van der Waals surface area contributed by atoms with Crippen molar-refractivity contribution in [3.63, 3.8) is 0 Å². The molecule has 2 N–H and O–H groups in total. The zero-order valence-corrected chi connectivity index (χ0v) is 15.6. The van der Waals surface area contributed by atoms with E-state index in [2.05, 4.69) is 10.6 Å². The number of ether oxygens (including phenoxy) is 3. The molecule has 0 radical (unpaired) electrons. The molecular weight excluding hydrogens is 336 g/mol. The third-order valence-corrected chi connectivity index (χ3v) is 3.58. The average Bonchev–Trinajstić information content (AvgIpc) is 2.62. The van der Waals surface area contributed by atoms with E-state index >= 15 is 0 Å². The van der Waals surface area contributed by atoms with Crippen molar-refractivity contribution in [3.05, 3.63) is 48.5 Å². The third kappa shape index (κ3) is 6.15. The summed E-state index contributed by atoms with van der Waals surface area (Å²) in [5.74, 6) is 2.26. The van der Waals surface area contributed by atoms with Crippen molar-refractivity contribution in [2.45, 2.75) is 19.9 Å². The van der Waals surface area contributed by atoms with Crippen molar-refractivity contribution < 1.29 is 14.2 Å². The molecule has 2 aromatic carbocycles. The molecule has 6 heteroatoms. The molecule has 2 aromatic rings. The monoisotopic (exact) mass is 360 g/mol. The van der Waals surface area contributed by atoms with E-state index in [1.165, 1.54) is 0 Å². The first kappa shape index (κ1) is 18.9. The molecule has 25 heavy (non-hydrogen) atoms. The maximum absolute atomic E-state index is 5.79. The SMILES string of the molecule is CCOc1ccc(NC(=S)N[C@H](C)COc2ccccc2OC)cc1. The van der Waals surface area contributed by atoms with Crippen LogP contribution in [0.1, 0.15) is 13.8 Å². The minimum Gasteiger partial charge on any atom is -0.494 e. The largest absolute Gasteiger partial charge is 0.494 e. The lowest BCUT2D eigenvalue weighted by molar-refractivity contribution is 0.270. The quantitative estimate of drug-likeness (QED) is 0.698. The Morgan fingerprint density at radius 1 is 1.04 bits per heavy atom. The second-order valence-corrected chi connectivity index (χ2v) is 5.83. The van der Waals surface area contributed by atoms with Crippen LogP contribution in [0.5, 0.6) is 17.2 Å². The predicted octanol–water partition coefficient (Wildman–Crippen LogP) is 3.85. The highest BCUT2D eigenvalue weighted by atomic mass is 32.1. The molecule has 134 valence electrons. The van der Waals surface area contributed by atoms with E-state index in [0.717, 1.165) is 11.4 Å². The predicted molar refractivity (Wildman–Crippen MR) is 105 cm³/mol. The first-order chi connectivity index (χ1) is 12.1. The molecular formula is C19H24N2O3S. The zero-order chi connectivity index (χ0) is 18.1. The lowest BCUT2D eigenvalue weighted by Gasteiger charge is -2.18. The highest BCUT2D eigenvalue weighted by Crippen LogP contribution is 2.25. The summed E-state index contributed by atoms with van der Waals surface area (Å²) in [6.07, 6.45) is 0. The maximum Gasteiger partial charge on any atom is 0.171 e. The van der Waals surface area contributed by atoms with Gasteiger partial charge in [0.05, 0.1) is 19.8 Å². The molecule has 0 fully saturated rings. The fourth-order valence-corrected chi connectivity index (χ4v) is 2.51. The minimum atomic E-state index is 0.0348. The van der Waals surface area contributed by atoms with Gasteiger partial charge in [0.15, 0.2) is 16.6 Å². The number of benzene rings is 2. The van der Waals surface area contributed by atoms with Gasteiger partial charge in [0.25, 0.3) is 0 Å². The number of thiocarbonyl (C=S) groups is 1. The number of para-hydroxylation sites is 2. The van der Waals surface area contributed by atoms with Crippen LogP contribution in [0.3, 0.4) is 0 Å². The summed E-state index contributed by atoms with van der Waals surface area (Å²) in [6.45, 7) is 5.07. The van der Waals surface area contributed by atoms with Gasteiger partial charge in [0, 0.05) is 5.69 Å². The first-order valence-electron chi connectivity index (χ1n) is 8.18. The van der Waals surface area contributed by atoms with Crippen molar-refractivity contribution in [1.29, 1.82) is 0 Å². The van der Waals surface area contributed by atoms with Gasteiger partial charge in [-0.15, -0.1) is 0 Å². The molecule has 0 saturated carbocycles. The number of rotatable bonds is 8. The van der Waals surface area contributed by atoms with Crippen molar-refractivity contribution in [2.75, 3.05) is 25.6 Å². The van der Waals surface area contributed by atoms with Crippen LogP contribution in [-0.2, 0) is 0 Å². The van der Waals surface area contributed by atoms with Crippen molar-refractivity contribution in [1.82, 2.24) is 5.32 Å². The van der Waals surface area contributed by atoms with E-state index in [1.807, 2.05) is 62.4 Å². The molecule has 0 aliphatic heterocycles. The van der Waals surface area contributed by atoms with Crippen LogP contribution in [0.4, 0.5) is 5.69 Å². The smallest absolute Gasteiger partial charge is 0.171 e. The topological polar surface area (TPSA) is 51.8 Å². The number of hydrogen-bond acceptors (Lipinski definition) is 4. The second kappa shape index (κ2) is 9.74. The highest BCUT2D eigenvalue weighted by Gasteiger charge is 2.08. The van der Waals surface area contributed by atoms with E-state index in [4.69, 9.17) is 26.4 Å². The van der Waals surface area contributed by atoms with E-state index in [1.54, 1.807) is 7.11 Å². The fraction of sp³-hybridized carbons (Fsp3) is 0.316. The Kier molecular flexibility index (Phi) is 7.35. The standard InChI is InChI=1S/C19H24N2O3S/c1-4-23-16-11-9-15(10-12-16)21-19(25)20-14(2)13-24-18-8-6-5-7-17(18)22-3/h5-12,14H,4,13H2,1-3H3,(H2,20,21,25)/t14-/m1/s1. The molecule has 5 nitrogen and oxygen atoms in total. The van der Waals surface area contributed by atoms with Crippen LogP contribution >= 0.6 is 12.2 Å². The summed E-state index contributed by atoms with van der Waals surface area (Å²) in [6, 6.07) is 15.3. The molecule has 0 heterocycles. The third-order valence-electron chi connectivity index (χ3n) is 3.36. The highest BCUT2D eigenvalue weighted by molar-refractivity contribution is 7.80. The van der Waals surface area contributed by atoms with Crippen LogP contribution in [0.2, 0.25) is 0 Å². The average molecular weight is 360 g/mol. The molecule has 0 aliphatic carbocycles. The summed E-state index contributed by atoms with van der Waals surface area (Å²) >= 11 is 5.34. The Morgan fingerprint density at radius 2 is 1.72 bits per heavy atom. The summed E-state index contributed by atoms with van der Waals surface area (Å²) in [5.41, 5.74) is 0.902. The molecule has 0 saturated heterocycles. The molecule has 0 aromatic heterocycles. The number of nitrogens with one attached hydrogen (secondary N) is 2. The molecule has 0 amide bonds. The number of methoxy groups -OCH3 is 1. The van der Waals surface area contributed by atoms with Gasteiger partial charge in [0.1, 0.15) is 12.4 Å². The summed E-state index contributed by atoms with van der Waals surface area (Å²) < 4.78 is 16.5. The van der Waals surface area contributed by atoms with Gasteiger partial charge in [-0.25, -0.2) is 0 Å². The van der Waals surface area contributed by atoms with Gasteiger partial charge in [-0.05, 0) is 62.5 Å². The Bertz CT molecular complexity index is 677. The van der Waals surface area contributed by atoms with Gasteiger partial charge in [-0.2, -0.15) is 0 Å². The number of anilines is 1. The maximum atomic E-state index is 5.79. The van der Waals surface area contributed by atoms with Gasteiger partial charge >= 0.3 is 0 Å². The minimum absolute atomic E-state index is 0.0348. The molecule has 0 aliphatic rings. The van der Waals surface area contributed by atoms with Crippen LogP contribution in [0, 0.1) is 0 Å². The molecule has 2 rings (SSSR count). The van der Waals surface area contributed by atoms with Crippen LogP contribution in [0.15, 0.2) is 48.5 Å². The van der Waals surface area contributed by atoms with Crippen molar-refractivity contribution in [3.8, 4) is 17.2 Å².